The van der Waals surface area contributed by atoms with Gasteiger partial charge in [0.1, 0.15) is 6.61 Å². The highest BCUT2D eigenvalue weighted by molar-refractivity contribution is 5.93. The Morgan fingerprint density at radius 3 is 2.36 bits per heavy atom. The SMILES string of the molecule is CNC(=O)c1ccc(CN(C)CC(=O)NCCOc2ccccc2OC)cc1. The van der Waals surface area contributed by atoms with Crippen molar-refractivity contribution >= 4 is 11.8 Å². The lowest BCUT2D eigenvalue weighted by Crippen LogP contribution is -2.36. The van der Waals surface area contributed by atoms with Crippen molar-refractivity contribution in [1.29, 1.82) is 0 Å². The van der Waals surface area contributed by atoms with Gasteiger partial charge in [-0.25, -0.2) is 0 Å². The summed E-state index contributed by atoms with van der Waals surface area (Å²) in [6, 6.07) is 14.7. The van der Waals surface area contributed by atoms with E-state index >= 15 is 0 Å². The molecule has 2 aromatic rings. The van der Waals surface area contributed by atoms with Crippen molar-refractivity contribution in [2.75, 3.05) is 40.9 Å². The first-order valence-electron chi connectivity index (χ1n) is 9.05. The van der Waals surface area contributed by atoms with Crippen LogP contribution in [0.4, 0.5) is 0 Å². The fourth-order valence-electron chi connectivity index (χ4n) is 2.66. The van der Waals surface area contributed by atoms with E-state index in [2.05, 4.69) is 10.6 Å². The molecular formula is C21H27N3O4. The smallest absolute Gasteiger partial charge is 0.251 e. The lowest BCUT2D eigenvalue weighted by molar-refractivity contribution is -0.122. The van der Waals surface area contributed by atoms with E-state index in [4.69, 9.17) is 9.47 Å². The number of rotatable bonds is 10. The summed E-state index contributed by atoms with van der Waals surface area (Å²) in [4.78, 5) is 25.5. The number of ether oxygens (including phenoxy) is 2. The lowest BCUT2D eigenvalue weighted by Gasteiger charge is -2.17. The van der Waals surface area contributed by atoms with Gasteiger partial charge in [-0.2, -0.15) is 0 Å². The number of amides is 2. The summed E-state index contributed by atoms with van der Waals surface area (Å²) in [7, 11) is 5.06. The van der Waals surface area contributed by atoms with Crippen LogP contribution in [-0.4, -0.2) is 57.6 Å². The normalized spacial score (nSPS) is 10.4. The first-order chi connectivity index (χ1) is 13.5. The van der Waals surface area contributed by atoms with Gasteiger partial charge in [0.05, 0.1) is 20.2 Å². The van der Waals surface area contributed by atoms with Crippen molar-refractivity contribution in [3.05, 3.63) is 59.7 Å². The molecule has 7 heteroatoms. The molecule has 0 heterocycles. The largest absolute Gasteiger partial charge is 0.493 e. The average molecular weight is 385 g/mol. The van der Waals surface area contributed by atoms with Crippen LogP contribution in [0, 0.1) is 0 Å². The van der Waals surface area contributed by atoms with Gasteiger partial charge in [0.25, 0.3) is 5.91 Å². The lowest BCUT2D eigenvalue weighted by atomic mass is 10.1. The van der Waals surface area contributed by atoms with Crippen molar-refractivity contribution in [2.45, 2.75) is 6.54 Å². The first-order valence-corrected chi connectivity index (χ1v) is 9.05. The highest BCUT2D eigenvalue weighted by Crippen LogP contribution is 2.25. The molecule has 0 unspecified atom stereocenters. The number of hydrogen-bond acceptors (Lipinski definition) is 5. The van der Waals surface area contributed by atoms with Crippen LogP contribution in [0.5, 0.6) is 11.5 Å². The van der Waals surface area contributed by atoms with Gasteiger partial charge in [0.2, 0.25) is 5.91 Å². The fraction of sp³-hybridized carbons (Fsp3) is 0.333. The molecule has 0 fully saturated rings. The quantitative estimate of drug-likeness (QED) is 0.609. The molecule has 2 N–H and O–H groups in total. The Kier molecular flexibility index (Phi) is 8.30. The first kappa shape index (κ1) is 21.2. The van der Waals surface area contributed by atoms with Gasteiger partial charge in [0.15, 0.2) is 11.5 Å². The number of likely N-dealkylation sites (N-methyl/N-ethyl adjacent to an activating group) is 1. The molecule has 0 radical (unpaired) electrons. The minimum absolute atomic E-state index is 0.0758. The maximum absolute atomic E-state index is 12.1. The number of nitrogens with one attached hydrogen (secondary N) is 2. The van der Waals surface area contributed by atoms with Crippen LogP contribution in [-0.2, 0) is 11.3 Å². The van der Waals surface area contributed by atoms with Crippen molar-refractivity contribution in [1.82, 2.24) is 15.5 Å². The summed E-state index contributed by atoms with van der Waals surface area (Å²) < 4.78 is 10.9. The third-order valence-corrected chi connectivity index (χ3v) is 4.06. The molecule has 0 aliphatic carbocycles. The van der Waals surface area contributed by atoms with Crippen molar-refractivity contribution < 1.29 is 19.1 Å². The Hall–Kier alpha value is -3.06. The molecule has 0 aliphatic rings. The molecule has 0 spiro atoms. The van der Waals surface area contributed by atoms with Crippen molar-refractivity contribution in [3.63, 3.8) is 0 Å². The molecule has 0 saturated heterocycles. The summed E-state index contributed by atoms with van der Waals surface area (Å²) in [5, 5.41) is 5.43. The van der Waals surface area contributed by atoms with Crippen LogP contribution in [0.15, 0.2) is 48.5 Å². The zero-order valence-corrected chi connectivity index (χ0v) is 16.5. The second-order valence-corrected chi connectivity index (χ2v) is 6.30. The number of methoxy groups -OCH3 is 1. The number of hydrogen-bond donors (Lipinski definition) is 2. The monoisotopic (exact) mass is 385 g/mol. The van der Waals surface area contributed by atoms with E-state index in [0.29, 0.717) is 36.8 Å². The van der Waals surface area contributed by atoms with Gasteiger partial charge < -0.3 is 20.1 Å². The second-order valence-electron chi connectivity index (χ2n) is 6.30. The predicted molar refractivity (Wildman–Crippen MR) is 108 cm³/mol. The Morgan fingerprint density at radius 2 is 1.71 bits per heavy atom. The summed E-state index contributed by atoms with van der Waals surface area (Å²) in [6.07, 6.45) is 0. The number of nitrogens with zero attached hydrogens (tertiary/aromatic N) is 1. The highest BCUT2D eigenvalue weighted by Gasteiger charge is 2.09. The zero-order chi connectivity index (χ0) is 20.4. The molecule has 2 amide bonds. The van der Waals surface area contributed by atoms with Gasteiger partial charge >= 0.3 is 0 Å². The summed E-state index contributed by atoms with van der Waals surface area (Å²) in [5.41, 5.74) is 1.64. The van der Waals surface area contributed by atoms with Gasteiger partial charge in [-0.1, -0.05) is 24.3 Å². The fourth-order valence-corrected chi connectivity index (χ4v) is 2.66. The van der Waals surface area contributed by atoms with Crippen molar-refractivity contribution in [2.24, 2.45) is 0 Å². The molecule has 150 valence electrons. The van der Waals surface area contributed by atoms with Crippen LogP contribution >= 0.6 is 0 Å². The number of benzene rings is 2. The molecule has 28 heavy (non-hydrogen) atoms. The number of carbonyl (C=O) groups excluding carboxylic acids is 2. The van der Waals surface area contributed by atoms with E-state index in [9.17, 15) is 9.59 Å². The molecule has 0 aromatic heterocycles. The van der Waals surface area contributed by atoms with E-state index in [1.54, 1.807) is 26.3 Å². The summed E-state index contributed by atoms with van der Waals surface area (Å²) in [6.45, 7) is 1.65. The van der Waals surface area contributed by atoms with Crippen LogP contribution in [0.3, 0.4) is 0 Å². The Bertz CT molecular complexity index is 777. The van der Waals surface area contributed by atoms with E-state index < -0.39 is 0 Å². The van der Waals surface area contributed by atoms with Crippen LogP contribution in [0.1, 0.15) is 15.9 Å². The topological polar surface area (TPSA) is 79.9 Å². The summed E-state index contributed by atoms with van der Waals surface area (Å²) in [5.74, 6) is 1.12. The third kappa shape index (κ3) is 6.59. The molecule has 2 aromatic carbocycles. The molecular weight excluding hydrogens is 358 g/mol. The molecule has 2 rings (SSSR count). The maximum atomic E-state index is 12.1. The minimum atomic E-state index is -0.116. The van der Waals surface area contributed by atoms with Gasteiger partial charge in [-0.3, -0.25) is 14.5 Å². The van der Waals surface area contributed by atoms with Gasteiger partial charge in [-0.05, 0) is 36.9 Å². The zero-order valence-electron chi connectivity index (χ0n) is 16.5. The minimum Gasteiger partial charge on any atom is -0.493 e. The van der Waals surface area contributed by atoms with Crippen LogP contribution in [0.25, 0.3) is 0 Å². The average Bonchev–Trinajstić information content (AvgIpc) is 2.71. The molecule has 0 saturated carbocycles. The Balaban J connectivity index is 1.70. The second kappa shape index (κ2) is 10.9. The van der Waals surface area contributed by atoms with Gasteiger partial charge in [0, 0.05) is 19.2 Å². The third-order valence-electron chi connectivity index (χ3n) is 4.06. The van der Waals surface area contributed by atoms with Crippen LogP contribution < -0.4 is 20.1 Å². The number of carbonyl (C=O) groups is 2. The number of para-hydroxylation sites is 2. The van der Waals surface area contributed by atoms with E-state index in [-0.39, 0.29) is 18.4 Å². The summed E-state index contributed by atoms with van der Waals surface area (Å²) >= 11 is 0. The van der Waals surface area contributed by atoms with E-state index in [1.807, 2.05) is 48.3 Å². The van der Waals surface area contributed by atoms with E-state index in [0.717, 1.165) is 5.56 Å². The molecule has 0 atom stereocenters. The standard InChI is InChI=1S/C21H27N3O4/c1-22-21(26)17-10-8-16(9-11-17)14-24(2)15-20(25)23-12-13-28-19-7-5-4-6-18(19)27-3/h4-11H,12-15H2,1-3H3,(H,22,26)(H,23,25). The molecule has 0 aliphatic heterocycles. The molecule has 7 nitrogen and oxygen atoms in total. The Labute approximate surface area is 165 Å². The predicted octanol–water partition coefficient (Wildman–Crippen LogP) is 1.68. The maximum Gasteiger partial charge on any atom is 0.251 e. The van der Waals surface area contributed by atoms with Crippen LogP contribution in [0.2, 0.25) is 0 Å². The van der Waals surface area contributed by atoms with E-state index in [1.165, 1.54) is 0 Å². The molecule has 0 bridgehead atoms. The van der Waals surface area contributed by atoms with Gasteiger partial charge in [-0.15, -0.1) is 0 Å². The van der Waals surface area contributed by atoms with Crippen molar-refractivity contribution in [3.8, 4) is 11.5 Å². The Morgan fingerprint density at radius 1 is 1.04 bits per heavy atom. The highest BCUT2D eigenvalue weighted by atomic mass is 16.5.